The number of hydrogen-bond acceptors (Lipinski definition) is 3. The van der Waals surface area contributed by atoms with Crippen molar-refractivity contribution in [1.29, 1.82) is 0 Å². The van der Waals surface area contributed by atoms with E-state index < -0.39 is 6.04 Å². The lowest BCUT2D eigenvalue weighted by Gasteiger charge is -2.17. The fraction of sp³-hybridized carbons (Fsp3) is 0.500. The van der Waals surface area contributed by atoms with Gasteiger partial charge in [0.1, 0.15) is 0 Å². The molecule has 4 heteroatoms. The number of likely N-dealkylation sites (tertiary alicyclic amines) is 1. The van der Waals surface area contributed by atoms with Gasteiger partial charge in [0.25, 0.3) is 0 Å². The van der Waals surface area contributed by atoms with Crippen molar-refractivity contribution in [3.63, 3.8) is 0 Å². The molecule has 1 aliphatic heterocycles. The number of benzene rings is 1. The second kappa shape index (κ2) is 5.98. The molecule has 98 valence electrons. The summed E-state index contributed by atoms with van der Waals surface area (Å²) in [6, 6.07) is 9.68. The molecule has 0 spiro atoms. The zero-order valence-electron chi connectivity index (χ0n) is 10.8. The number of amides is 1. The highest BCUT2D eigenvalue weighted by molar-refractivity contribution is 5.82. The Morgan fingerprint density at radius 3 is 2.83 bits per heavy atom. The Morgan fingerprint density at radius 1 is 1.50 bits per heavy atom. The summed E-state index contributed by atoms with van der Waals surface area (Å²) in [4.78, 5) is 14.2. The van der Waals surface area contributed by atoms with Crippen LogP contribution in [0.2, 0.25) is 0 Å². The van der Waals surface area contributed by atoms with E-state index in [9.17, 15) is 4.79 Å². The number of carbonyl (C=O) groups is 1. The first-order valence-electron chi connectivity index (χ1n) is 6.43. The van der Waals surface area contributed by atoms with Crippen molar-refractivity contribution in [2.75, 3.05) is 20.1 Å². The van der Waals surface area contributed by atoms with Gasteiger partial charge < -0.3 is 16.0 Å². The minimum Gasteiger partial charge on any atom is -0.351 e. The van der Waals surface area contributed by atoms with Gasteiger partial charge in [-0.15, -0.1) is 0 Å². The van der Waals surface area contributed by atoms with Gasteiger partial charge in [-0.1, -0.05) is 30.3 Å². The van der Waals surface area contributed by atoms with Gasteiger partial charge >= 0.3 is 0 Å². The summed E-state index contributed by atoms with van der Waals surface area (Å²) in [5, 5.41) is 3.02. The Morgan fingerprint density at radius 2 is 2.22 bits per heavy atom. The number of nitrogens with one attached hydrogen (secondary N) is 1. The van der Waals surface area contributed by atoms with Gasteiger partial charge in [0, 0.05) is 12.6 Å². The molecule has 3 N–H and O–H groups in total. The molecule has 18 heavy (non-hydrogen) atoms. The molecule has 0 aliphatic carbocycles. The van der Waals surface area contributed by atoms with Crippen LogP contribution in [0.4, 0.5) is 0 Å². The van der Waals surface area contributed by atoms with Crippen molar-refractivity contribution < 1.29 is 4.79 Å². The van der Waals surface area contributed by atoms with Crippen LogP contribution in [0, 0.1) is 0 Å². The van der Waals surface area contributed by atoms with E-state index in [0.717, 1.165) is 25.1 Å². The molecule has 1 aromatic carbocycles. The van der Waals surface area contributed by atoms with E-state index in [2.05, 4.69) is 17.3 Å². The van der Waals surface area contributed by atoms with Crippen LogP contribution < -0.4 is 11.1 Å². The van der Waals surface area contributed by atoms with Crippen LogP contribution in [0.15, 0.2) is 30.3 Å². The molecule has 0 radical (unpaired) electrons. The van der Waals surface area contributed by atoms with E-state index in [0.29, 0.717) is 6.42 Å². The van der Waals surface area contributed by atoms with Crippen LogP contribution in [-0.4, -0.2) is 43.0 Å². The van der Waals surface area contributed by atoms with E-state index in [1.54, 1.807) is 0 Å². The summed E-state index contributed by atoms with van der Waals surface area (Å²) in [6.45, 7) is 1.96. The molecule has 1 amide bonds. The van der Waals surface area contributed by atoms with E-state index in [4.69, 9.17) is 5.73 Å². The number of likely N-dealkylation sites (N-methyl/N-ethyl adjacent to an activating group) is 1. The van der Waals surface area contributed by atoms with Gasteiger partial charge in [-0.05, 0) is 32.0 Å². The highest BCUT2D eigenvalue weighted by Crippen LogP contribution is 2.07. The van der Waals surface area contributed by atoms with Crippen LogP contribution in [0.25, 0.3) is 0 Å². The maximum absolute atomic E-state index is 12.0. The Balaban J connectivity index is 1.82. The number of rotatable bonds is 4. The third-order valence-electron chi connectivity index (χ3n) is 3.37. The first-order chi connectivity index (χ1) is 8.65. The molecule has 2 atom stereocenters. The number of nitrogens with two attached hydrogens (primary N) is 1. The van der Waals surface area contributed by atoms with Crippen molar-refractivity contribution in [1.82, 2.24) is 10.2 Å². The van der Waals surface area contributed by atoms with Crippen LogP contribution in [0.5, 0.6) is 0 Å². The molecule has 0 bridgehead atoms. The molecule has 1 aliphatic rings. The standard InChI is InChI=1S/C14H21N3O/c1-17-8-7-12(10-17)16-14(18)13(15)9-11-5-3-2-4-6-11/h2-6,12-13H,7-10,15H2,1H3,(H,16,18). The van der Waals surface area contributed by atoms with Gasteiger partial charge in [0.15, 0.2) is 0 Å². The van der Waals surface area contributed by atoms with Crippen molar-refractivity contribution in [2.45, 2.75) is 24.9 Å². The quantitative estimate of drug-likeness (QED) is 0.808. The molecule has 1 heterocycles. The summed E-state index contributed by atoms with van der Waals surface area (Å²) in [7, 11) is 2.07. The Bertz CT molecular complexity index is 393. The second-order valence-corrected chi connectivity index (χ2v) is 5.05. The predicted octanol–water partition coefficient (Wildman–Crippen LogP) is 0.377. The Labute approximate surface area is 108 Å². The van der Waals surface area contributed by atoms with E-state index in [1.807, 2.05) is 30.3 Å². The molecule has 1 saturated heterocycles. The third-order valence-corrected chi connectivity index (χ3v) is 3.37. The summed E-state index contributed by atoms with van der Waals surface area (Å²) in [5.41, 5.74) is 7.04. The first-order valence-corrected chi connectivity index (χ1v) is 6.43. The molecular formula is C14H21N3O. The minimum atomic E-state index is -0.460. The minimum absolute atomic E-state index is 0.0425. The molecular weight excluding hydrogens is 226 g/mol. The highest BCUT2D eigenvalue weighted by Gasteiger charge is 2.23. The average Bonchev–Trinajstić information content (AvgIpc) is 2.76. The summed E-state index contributed by atoms with van der Waals surface area (Å²) >= 11 is 0. The predicted molar refractivity (Wildman–Crippen MR) is 72.2 cm³/mol. The molecule has 0 aromatic heterocycles. The zero-order chi connectivity index (χ0) is 13.0. The molecule has 4 nitrogen and oxygen atoms in total. The topological polar surface area (TPSA) is 58.4 Å². The van der Waals surface area contributed by atoms with E-state index in [1.165, 1.54) is 0 Å². The van der Waals surface area contributed by atoms with Gasteiger partial charge in [0.05, 0.1) is 6.04 Å². The SMILES string of the molecule is CN1CCC(NC(=O)C(N)Cc2ccccc2)C1. The second-order valence-electron chi connectivity index (χ2n) is 5.05. The molecule has 1 aromatic rings. The van der Waals surface area contributed by atoms with Crippen LogP contribution in [0.3, 0.4) is 0 Å². The lowest BCUT2D eigenvalue weighted by atomic mass is 10.1. The fourth-order valence-corrected chi connectivity index (χ4v) is 2.32. The van der Waals surface area contributed by atoms with Crippen molar-refractivity contribution >= 4 is 5.91 Å². The molecule has 0 saturated carbocycles. The number of nitrogens with zero attached hydrogens (tertiary/aromatic N) is 1. The smallest absolute Gasteiger partial charge is 0.237 e. The Hall–Kier alpha value is -1.39. The normalized spacial score (nSPS) is 21.8. The Kier molecular flexibility index (Phi) is 4.33. The molecule has 1 fully saturated rings. The van der Waals surface area contributed by atoms with Crippen LogP contribution in [0.1, 0.15) is 12.0 Å². The number of hydrogen-bond donors (Lipinski definition) is 2. The summed E-state index contributed by atoms with van der Waals surface area (Å²) < 4.78 is 0. The van der Waals surface area contributed by atoms with Gasteiger partial charge in [-0.3, -0.25) is 4.79 Å². The molecule has 2 rings (SSSR count). The number of carbonyl (C=O) groups excluding carboxylic acids is 1. The maximum Gasteiger partial charge on any atom is 0.237 e. The van der Waals surface area contributed by atoms with Gasteiger partial charge in [-0.25, -0.2) is 0 Å². The van der Waals surface area contributed by atoms with Crippen molar-refractivity contribution in [3.05, 3.63) is 35.9 Å². The summed E-state index contributed by atoms with van der Waals surface area (Å²) in [5.74, 6) is -0.0425. The third kappa shape index (κ3) is 3.55. The first kappa shape index (κ1) is 13.1. The maximum atomic E-state index is 12.0. The lowest BCUT2D eigenvalue weighted by Crippen LogP contribution is -2.47. The largest absolute Gasteiger partial charge is 0.351 e. The van der Waals surface area contributed by atoms with E-state index in [-0.39, 0.29) is 11.9 Å². The van der Waals surface area contributed by atoms with Crippen LogP contribution in [-0.2, 0) is 11.2 Å². The highest BCUT2D eigenvalue weighted by atomic mass is 16.2. The monoisotopic (exact) mass is 247 g/mol. The average molecular weight is 247 g/mol. The van der Waals surface area contributed by atoms with Crippen molar-refractivity contribution in [2.24, 2.45) is 5.73 Å². The lowest BCUT2D eigenvalue weighted by molar-refractivity contribution is -0.122. The van der Waals surface area contributed by atoms with Crippen LogP contribution >= 0.6 is 0 Å². The van der Waals surface area contributed by atoms with E-state index >= 15 is 0 Å². The fourth-order valence-electron chi connectivity index (χ4n) is 2.32. The zero-order valence-corrected chi connectivity index (χ0v) is 10.8. The molecule has 2 unspecified atom stereocenters. The van der Waals surface area contributed by atoms with Gasteiger partial charge in [0.2, 0.25) is 5.91 Å². The van der Waals surface area contributed by atoms with Crippen molar-refractivity contribution in [3.8, 4) is 0 Å². The summed E-state index contributed by atoms with van der Waals surface area (Å²) in [6.07, 6.45) is 1.61. The van der Waals surface area contributed by atoms with Gasteiger partial charge in [-0.2, -0.15) is 0 Å².